The summed E-state index contributed by atoms with van der Waals surface area (Å²) >= 11 is 3.42. The molecular formula is C21H25FO4S2. The second kappa shape index (κ2) is 9.33. The molecule has 3 atom stereocenters. The van der Waals surface area contributed by atoms with Crippen LogP contribution in [-0.4, -0.2) is 36.6 Å². The molecule has 0 radical (unpaired) electrons. The van der Waals surface area contributed by atoms with Crippen molar-refractivity contribution in [1.82, 2.24) is 0 Å². The average molecular weight is 425 g/mol. The van der Waals surface area contributed by atoms with Gasteiger partial charge in [0.2, 0.25) is 0 Å². The van der Waals surface area contributed by atoms with Gasteiger partial charge >= 0.3 is 0 Å². The predicted molar refractivity (Wildman–Crippen MR) is 112 cm³/mol. The zero-order valence-electron chi connectivity index (χ0n) is 16.1. The van der Waals surface area contributed by atoms with Gasteiger partial charge in [0.05, 0.1) is 29.4 Å². The number of hydrogen-bond donors (Lipinski definition) is 2. The first kappa shape index (κ1) is 21.2. The van der Waals surface area contributed by atoms with Gasteiger partial charge in [-0.05, 0) is 42.5 Å². The Morgan fingerprint density at radius 2 is 2.04 bits per heavy atom. The van der Waals surface area contributed by atoms with Crippen LogP contribution in [0, 0.1) is 5.82 Å². The summed E-state index contributed by atoms with van der Waals surface area (Å²) in [6.45, 7) is 1.95. The van der Waals surface area contributed by atoms with Gasteiger partial charge in [0, 0.05) is 41.8 Å². The number of ether oxygens (including phenoxy) is 2. The van der Waals surface area contributed by atoms with Crippen LogP contribution in [0.3, 0.4) is 0 Å². The van der Waals surface area contributed by atoms with Crippen molar-refractivity contribution in [2.24, 2.45) is 0 Å². The number of halogens is 1. The van der Waals surface area contributed by atoms with Crippen LogP contribution in [0.5, 0.6) is 5.75 Å². The maximum atomic E-state index is 14.6. The van der Waals surface area contributed by atoms with E-state index in [0.717, 1.165) is 17.6 Å². The Morgan fingerprint density at radius 3 is 2.71 bits per heavy atom. The van der Waals surface area contributed by atoms with E-state index in [1.165, 1.54) is 22.6 Å². The summed E-state index contributed by atoms with van der Waals surface area (Å²) in [5.41, 5.74) is 1.44. The van der Waals surface area contributed by atoms with Crippen LogP contribution in [-0.2, 0) is 11.2 Å². The zero-order chi connectivity index (χ0) is 20.3. The maximum Gasteiger partial charge on any atom is 0.130 e. The number of hydrogen-bond acceptors (Lipinski definition) is 6. The fourth-order valence-corrected chi connectivity index (χ4v) is 5.77. The van der Waals surface area contributed by atoms with E-state index in [4.69, 9.17) is 14.6 Å². The van der Waals surface area contributed by atoms with E-state index in [2.05, 4.69) is 17.5 Å². The lowest BCUT2D eigenvalue weighted by Crippen LogP contribution is -2.29. The minimum Gasteiger partial charge on any atom is -0.496 e. The molecule has 3 unspecified atom stereocenters. The van der Waals surface area contributed by atoms with E-state index in [-0.39, 0.29) is 18.0 Å². The standard InChI is InChI=1S/C20H21FO3S2.CH4O/c1-11-5-14(22)9-19(24-11)16-8-13(17(21)10-18(16)23-2)7-15-6-12-3-4-25-20(12)26-15;1-2/h3-4,6,8,10-11,14,19,22H,5,7,9H2,1-2H3;2H,1H3. The molecule has 3 heterocycles. The Bertz CT molecular complexity index is 882. The molecule has 1 aliphatic heterocycles. The Morgan fingerprint density at radius 1 is 1.25 bits per heavy atom. The highest BCUT2D eigenvalue weighted by atomic mass is 32.2. The highest BCUT2D eigenvalue weighted by molar-refractivity contribution is 7.37. The van der Waals surface area contributed by atoms with Gasteiger partial charge in [0.25, 0.3) is 0 Å². The van der Waals surface area contributed by atoms with Crippen LogP contribution in [0.25, 0.3) is 9.40 Å². The first-order valence-electron chi connectivity index (χ1n) is 9.14. The first-order valence-corrected chi connectivity index (χ1v) is 10.8. The van der Waals surface area contributed by atoms with Crippen LogP contribution in [0.1, 0.15) is 41.9 Å². The third-order valence-corrected chi connectivity index (χ3v) is 7.00. The Labute approximate surface area is 172 Å². The number of aliphatic hydroxyl groups excluding tert-OH is 2. The van der Waals surface area contributed by atoms with Crippen molar-refractivity contribution in [2.75, 3.05) is 14.2 Å². The lowest BCUT2D eigenvalue weighted by Gasteiger charge is -2.32. The molecule has 0 spiro atoms. The number of aliphatic hydroxyl groups is 2. The van der Waals surface area contributed by atoms with Gasteiger partial charge in [-0.2, -0.15) is 0 Å². The van der Waals surface area contributed by atoms with Crippen molar-refractivity contribution in [3.8, 4) is 5.75 Å². The number of rotatable bonds is 4. The average Bonchev–Trinajstić information content (AvgIpc) is 3.25. The number of benzene rings is 1. The van der Waals surface area contributed by atoms with E-state index in [1.807, 2.05) is 13.0 Å². The van der Waals surface area contributed by atoms with Crippen molar-refractivity contribution in [2.45, 2.75) is 44.5 Å². The fourth-order valence-electron chi connectivity index (χ4n) is 3.59. The first-order chi connectivity index (χ1) is 13.5. The fraction of sp³-hybridized carbons (Fsp3) is 0.429. The molecule has 7 heteroatoms. The SMILES string of the molecule is CO.COc1cc(F)c(Cc2cc3ccsc3s2)cc1C1CC(O)CC(C)O1. The minimum absolute atomic E-state index is 0.0361. The monoisotopic (exact) mass is 424 g/mol. The normalized spacial score (nSPS) is 22.0. The molecule has 1 saturated heterocycles. The summed E-state index contributed by atoms with van der Waals surface area (Å²) in [7, 11) is 2.54. The predicted octanol–water partition coefficient (Wildman–Crippen LogP) is 4.91. The van der Waals surface area contributed by atoms with E-state index in [0.29, 0.717) is 30.6 Å². The molecule has 0 bridgehead atoms. The molecule has 2 aromatic heterocycles. The van der Waals surface area contributed by atoms with Crippen molar-refractivity contribution < 1.29 is 24.1 Å². The maximum absolute atomic E-state index is 14.6. The molecule has 0 aliphatic carbocycles. The molecule has 0 amide bonds. The van der Waals surface area contributed by atoms with Gasteiger partial charge in [-0.25, -0.2) is 4.39 Å². The summed E-state index contributed by atoms with van der Waals surface area (Å²) in [5.74, 6) is 0.205. The summed E-state index contributed by atoms with van der Waals surface area (Å²) in [4.78, 5) is 1.14. The number of methoxy groups -OCH3 is 1. The number of fused-ring (bicyclic) bond motifs is 1. The molecule has 4 nitrogen and oxygen atoms in total. The topological polar surface area (TPSA) is 58.9 Å². The molecule has 28 heavy (non-hydrogen) atoms. The van der Waals surface area contributed by atoms with Crippen LogP contribution < -0.4 is 4.74 Å². The van der Waals surface area contributed by atoms with Crippen LogP contribution in [0.4, 0.5) is 4.39 Å². The second-order valence-electron chi connectivity index (χ2n) is 6.80. The summed E-state index contributed by atoms with van der Waals surface area (Å²) in [6, 6.07) is 7.50. The zero-order valence-corrected chi connectivity index (χ0v) is 17.8. The third-order valence-electron chi connectivity index (χ3n) is 4.80. The molecule has 3 aromatic rings. The lowest BCUT2D eigenvalue weighted by atomic mass is 9.94. The minimum atomic E-state index is -0.411. The highest BCUT2D eigenvalue weighted by Crippen LogP contribution is 2.39. The Hall–Kier alpha value is -1.51. The Kier molecular flexibility index (Phi) is 7.06. The van der Waals surface area contributed by atoms with Crippen LogP contribution in [0.15, 0.2) is 29.6 Å². The number of thiophene rings is 2. The van der Waals surface area contributed by atoms with Crippen molar-refractivity contribution in [1.29, 1.82) is 0 Å². The van der Waals surface area contributed by atoms with Gasteiger partial charge < -0.3 is 19.7 Å². The van der Waals surface area contributed by atoms with Crippen molar-refractivity contribution in [3.63, 3.8) is 0 Å². The van der Waals surface area contributed by atoms with Crippen LogP contribution in [0.2, 0.25) is 0 Å². The van der Waals surface area contributed by atoms with Gasteiger partial charge in [-0.15, -0.1) is 22.7 Å². The molecular weight excluding hydrogens is 399 g/mol. The molecule has 4 rings (SSSR count). The molecule has 2 N–H and O–H groups in total. The van der Waals surface area contributed by atoms with E-state index >= 15 is 0 Å². The van der Waals surface area contributed by atoms with E-state index < -0.39 is 6.10 Å². The molecule has 1 fully saturated rings. The molecule has 152 valence electrons. The van der Waals surface area contributed by atoms with E-state index in [1.54, 1.807) is 22.7 Å². The molecule has 0 saturated carbocycles. The van der Waals surface area contributed by atoms with Crippen LogP contribution >= 0.6 is 22.7 Å². The molecule has 1 aliphatic rings. The van der Waals surface area contributed by atoms with E-state index in [9.17, 15) is 9.50 Å². The van der Waals surface area contributed by atoms with Crippen molar-refractivity contribution >= 4 is 32.1 Å². The smallest absolute Gasteiger partial charge is 0.130 e. The lowest BCUT2D eigenvalue weighted by molar-refractivity contribution is -0.0901. The molecule has 1 aromatic carbocycles. The summed E-state index contributed by atoms with van der Waals surface area (Å²) in [5, 5.41) is 20.4. The van der Waals surface area contributed by atoms with Gasteiger partial charge in [-0.3, -0.25) is 0 Å². The van der Waals surface area contributed by atoms with Gasteiger partial charge in [-0.1, -0.05) is 0 Å². The van der Waals surface area contributed by atoms with Gasteiger partial charge in [0.1, 0.15) is 11.6 Å². The highest BCUT2D eigenvalue weighted by Gasteiger charge is 2.29. The summed E-state index contributed by atoms with van der Waals surface area (Å²) < 4.78 is 27.3. The third kappa shape index (κ3) is 4.55. The van der Waals surface area contributed by atoms with Gasteiger partial charge in [0.15, 0.2) is 0 Å². The Balaban J connectivity index is 0.00000109. The van der Waals surface area contributed by atoms with Crippen molar-refractivity contribution in [3.05, 3.63) is 51.5 Å². The largest absolute Gasteiger partial charge is 0.496 e. The quantitative estimate of drug-likeness (QED) is 0.625. The summed E-state index contributed by atoms with van der Waals surface area (Å²) in [6.07, 6.45) is 0.936. The second-order valence-corrected chi connectivity index (χ2v) is 9.11.